The molecule has 0 fully saturated rings. The van der Waals surface area contributed by atoms with Crippen LogP contribution in [0.15, 0.2) is 36.4 Å². The lowest BCUT2D eigenvalue weighted by molar-refractivity contribution is -0.114. The largest absolute Gasteiger partial charge is 0.497 e. The van der Waals surface area contributed by atoms with Gasteiger partial charge in [0.25, 0.3) is 0 Å². The van der Waals surface area contributed by atoms with Gasteiger partial charge in [0.2, 0.25) is 5.91 Å². The highest BCUT2D eigenvalue weighted by molar-refractivity contribution is 5.96. The van der Waals surface area contributed by atoms with Gasteiger partial charge in [-0.15, -0.1) is 0 Å². The Labute approximate surface area is 180 Å². The number of amides is 1. The lowest BCUT2D eigenvalue weighted by Gasteiger charge is -2.11. The Hall–Kier alpha value is -3.65. The van der Waals surface area contributed by atoms with Crippen molar-refractivity contribution in [3.63, 3.8) is 0 Å². The molecular formula is C23H26N4O4. The molecule has 0 saturated heterocycles. The molecule has 3 aromatic rings. The van der Waals surface area contributed by atoms with E-state index in [2.05, 4.69) is 20.6 Å². The number of anilines is 2. The third-order valence-electron chi connectivity index (χ3n) is 4.46. The van der Waals surface area contributed by atoms with Crippen molar-refractivity contribution in [2.45, 2.75) is 13.3 Å². The maximum absolute atomic E-state index is 11.4. The van der Waals surface area contributed by atoms with Crippen molar-refractivity contribution < 1.29 is 19.4 Å². The third-order valence-corrected chi connectivity index (χ3v) is 4.46. The summed E-state index contributed by atoms with van der Waals surface area (Å²) in [6.45, 7) is 2.10. The van der Waals surface area contributed by atoms with E-state index < -0.39 is 0 Å². The van der Waals surface area contributed by atoms with Gasteiger partial charge in [0, 0.05) is 37.2 Å². The molecule has 0 atom stereocenters. The molecule has 0 aliphatic carbocycles. The Bertz CT molecular complexity index is 1080. The molecule has 0 unspecified atom stereocenters. The number of hydrogen-bond acceptors (Lipinski definition) is 7. The molecule has 8 nitrogen and oxygen atoms in total. The van der Waals surface area contributed by atoms with Crippen molar-refractivity contribution >= 4 is 40.5 Å². The average molecular weight is 422 g/mol. The second kappa shape index (κ2) is 10.4. The Morgan fingerprint density at radius 1 is 1.06 bits per heavy atom. The molecule has 0 bridgehead atoms. The summed E-state index contributed by atoms with van der Waals surface area (Å²) in [6.07, 6.45) is 4.29. The van der Waals surface area contributed by atoms with Gasteiger partial charge in [0.05, 0.1) is 19.7 Å². The minimum Gasteiger partial charge on any atom is -0.497 e. The van der Waals surface area contributed by atoms with Crippen molar-refractivity contribution in [3.05, 3.63) is 47.8 Å². The number of hydrogen-bond donors (Lipinski definition) is 3. The van der Waals surface area contributed by atoms with Gasteiger partial charge < -0.3 is 25.2 Å². The van der Waals surface area contributed by atoms with E-state index in [4.69, 9.17) is 14.6 Å². The minimum atomic E-state index is -0.150. The van der Waals surface area contributed by atoms with Gasteiger partial charge in [-0.25, -0.2) is 9.97 Å². The smallest absolute Gasteiger partial charge is 0.221 e. The molecule has 1 aromatic heterocycles. The Balaban J connectivity index is 1.98. The Morgan fingerprint density at radius 3 is 2.45 bits per heavy atom. The van der Waals surface area contributed by atoms with Crippen LogP contribution < -0.4 is 20.1 Å². The monoisotopic (exact) mass is 422 g/mol. The molecule has 1 heterocycles. The van der Waals surface area contributed by atoms with Crippen LogP contribution in [0.4, 0.5) is 11.5 Å². The van der Waals surface area contributed by atoms with Crippen LogP contribution in [0, 0.1) is 0 Å². The molecule has 0 spiro atoms. The topological polar surface area (TPSA) is 106 Å². The van der Waals surface area contributed by atoms with Crippen LogP contribution >= 0.6 is 0 Å². The molecular weight excluding hydrogens is 396 g/mol. The minimum absolute atomic E-state index is 0.0809. The number of aliphatic hydroxyl groups is 1. The van der Waals surface area contributed by atoms with Crippen LogP contribution in [-0.4, -0.2) is 48.4 Å². The molecule has 0 saturated carbocycles. The first kappa shape index (κ1) is 22.0. The maximum Gasteiger partial charge on any atom is 0.221 e. The van der Waals surface area contributed by atoms with Crippen molar-refractivity contribution in [1.82, 2.24) is 9.97 Å². The molecule has 8 heteroatoms. The first-order valence-electron chi connectivity index (χ1n) is 9.87. The van der Waals surface area contributed by atoms with Crippen LogP contribution in [0.5, 0.6) is 11.5 Å². The average Bonchev–Trinajstić information content (AvgIpc) is 2.77. The summed E-state index contributed by atoms with van der Waals surface area (Å²) in [5, 5.41) is 15.9. The predicted molar refractivity (Wildman–Crippen MR) is 123 cm³/mol. The third kappa shape index (κ3) is 5.93. The zero-order chi connectivity index (χ0) is 22.2. The highest BCUT2D eigenvalue weighted by Crippen LogP contribution is 2.26. The van der Waals surface area contributed by atoms with E-state index in [1.807, 2.05) is 36.4 Å². The first-order chi connectivity index (χ1) is 15.0. The molecule has 0 radical (unpaired) electrons. The van der Waals surface area contributed by atoms with Gasteiger partial charge in [-0.05, 0) is 48.4 Å². The van der Waals surface area contributed by atoms with Crippen LogP contribution in [0.25, 0.3) is 23.1 Å². The summed E-state index contributed by atoms with van der Waals surface area (Å²) in [6, 6.07) is 11.1. The number of ether oxygens (including phenoxy) is 2. The summed E-state index contributed by atoms with van der Waals surface area (Å²) >= 11 is 0. The second-order valence-corrected chi connectivity index (χ2v) is 6.83. The highest BCUT2D eigenvalue weighted by Gasteiger charge is 2.09. The number of methoxy groups -OCH3 is 2. The van der Waals surface area contributed by atoms with E-state index in [1.165, 1.54) is 6.92 Å². The van der Waals surface area contributed by atoms with Gasteiger partial charge in [-0.3, -0.25) is 4.79 Å². The molecule has 1 amide bonds. The Morgan fingerprint density at radius 2 is 1.81 bits per heavy atom. The van der Waals surface area contributed by atoms with Gasteiger partial charge in [0.1, 0.15) is 17.3 Å². The summed E-state index contributed by atoms with van der Waals surface area (Å²) in [5.74, 6) is 2.38. The summed E-state index contributed by atoms with van der Waals surface area (Å²) < 4.78 is 10.6. The number of carbonyl (C=O) groups is 1. The fourth-order valence-electron chi connectivity index (χ4n) is 3.02. The van der Waals surface area contributed by atoms with Crippen molar-refractivity contribution in [2.75, 3.05) is 38.0 Å². The van der Waals surface area contributed by atoms with Gasteiger partial charge in [-0.1, -0.05) is 6.08 Å². The number of rotatable bonds is 9. The van der Waals surface area contributed by atoms with Crippen molar-refractivity contribution in [1.29, 1.82) is 0 Å². The fraction of sp³-hybridized carbons (Fsp3) is 0.261. The standard InChI is InChI=1S/C23H26N4O4/c1-15(29)25-17-6-7-21-20(13-17)23(24-9-4-10-28)27-22(26-21)8-5-16-11-18(30-2)14-19(12-16)31-3/h5-8,11-14,28H,4,9-10H2,1-3H3,(H,25,29)(H,24,26,27)/b8-5+. The maximum atomic E-state index is 11.4. The molecule has 3 N–H and O–H groups in total. The molecule has 0 aliphatic heterocycles. The van der Waals surface area contributed by atoms with Gasteiger partial charge in [-0.2, -0.15) is 0 Å². The molecule has 31 heavy (non-hydrogen) atoms. The van der Waals surface area contributed by atoms with E-state index in [9.17, 15) is 4.79 Å². The zero-order valence-corrected chi connectivity index (χ0v) is 17.8. The van der Waals surface area contributed by atoms with Gasteiger partial charge in [0.15, 0.2) is 5.82 Å². The first-order valence-corrected chi connectivity index (χ1v) is 9.87. The molecule has 2 aromatic carbocycles. The molecule has 3 rings (SSSR count). The van der Waals surface area contributed by atoms with Crippen molar-refractivity contribution in [3.8, 4) is 11.5 Å². The number of nitrogens with one attached hydrogen (secondary N) is 2. The van der Waals surface area contributed by atoms with E-state index in [-0.39, 0.29) is 12.5 Å². The van der Waals surface area contributed by atoms with Gasteiger partial charge >= 0.3 is 0 Å². The van der Waals surface area contributed by atoms with Crippen LogP contribution in [0.3, 0.4) is 0 Å². The normalized spacial score (nSPS) is 11.0. The number of fused-ring (bicyclic) bond motifs is 1. The van der Waals surface area contributed by atoms with Crippen LogP contribution in [0.1, 0.15) is 24.7 Å². The SMILES string of the molecule is COc1cc(/C=C/c2nc(NCCCO)c3cc(NC(C)=O)ccc3n2)cc(OC)c1. The number of carbonyl (C=O) groups excluding carboxylic acids is 1. The van der Waals surface area contributed by atoms with Crippen LogP contribution in [-0.2, 0) is 4.79 Å². The molecule has 162 valence electrons. The predicted octanol–water partition coefficient (Wildman–Crippen LogP) is 3.57. The quantitative estimate of drug-likeness (QED) is 0.453. The Kier molecular flexibility index (Phi) is 7.40. The number of aromatic nitrogens is 2. The summed E-state index contributed by atoms with van der Waals surface area (Å²) in [4.78, 5) is 20.6. The zero-order valence-electron chi connectivity index (χ0n) is 17.8. The highest BCUT2D eigenvalue weighted by atomic mass is 16.5. The number of aliphatic hydroxyl groups excluding tert-OH is 1. The number of nitrogens with zero attached hydrogens (tertiary/aromatic N) is 2. The lowest BCUT2D eigenvalue weighted by atomic mass is 10.1. The van der Waals surface area contributed by atoms with E-state index in [0.717, 1.165) is 16.5 Å². The summed E-state index contributed by atoms with van der Waals surface area (Å²) in [5.41, 5.74) is 2.29. The number of benzene rings is 2. The second-order valence-electron chi connectivity index (χ2n) is 6.83. The van der Waals surface area contributed by atoms with Crippen LogP contribution in [0.2, 0.25) is 0 Å². The van der Waals surface area contributed by atoms with E-state index in [1.54, 1.807) is 26.4 Å². The molecule has 0 aliphatic rings. The van der Waals surface area contributed by atoms with E-state index >= 15 is 0 Å². The summed E-state index contributed by atoms with van der Waals surface area (Å²) in [7, 11) is 3.21. The lowest BCUT2D eigenvalue weighted by Crippen LogP contribution is -2.08. The van der Waals surface area contributed by atoms with E-state index in [0.29, 0.717) is 41.8 Å². The van der Waals surface area contributed by atoms with Crippen molar-refractivity contribution in [2.24, 2.45) is 0 Å². The fourth-order valence-corrected chi connectivity index (χ4v) is 3.02.